The molecule has 0 radical (unpaired) electrons. The van der Waals surface area contributed by atoms with Crippen LogP contribution in [0.15, 0.2) is 12.3 Å². The van der Waals surface area contributed by atoms with Crippen molar-refractivity contribution in [2.45, 2.75) is 5.33 Å². The van der Waals surface area contributed by atoms with Gasteiger partial charge in [0.15, 0.2) is 5.69 Å². The maximum Gasteiger partial charge on any atom is 0.357 e. The summed E-state index contributed by atoms with van der Waals surface area (Å²) in [4.78, 5) is 26.7. The minimum atomic E-state index is -0.665. The molecule has 0 amide bonds. The fourth-order valence-electron chi connectivity index (χ4n) is 1.11. The fraction of sp³-hybridized carbons (Fsp3) is 0.300. The highest BCUT2D eigenvalue weighted by Crippen LogP contribution is 2.13. The first-order valence-electron chi connectivity index (χ1n) is 4.35. The monoisotopic (exact) mass is 287 g/mol. The zero-order chi connectivity index (χ0) is 12.1. The number of rotatable bonds is 3. The predicted molar refractivity (Wildman–Crippen MR) is 59.5 cm³/mol. The highest BCUT2D eigenvalue weighted by atomic mass is 79.9. The number of carbonyl (C=O) groups excluding carboxylic acids is 2. The molecule has 6 heteroatoms. The maximum atomic E-state index is 11.4. The van der Waals surface area contributed by atoms with Gasteiger partial charge < -0.3 is 9.47 Å². The third kappa shape index (κ3) is 2.57. The van der Waals surface area contributed by atoms with Crippen molar-refractivity contribution >= 4 is 27.9 Å². The molecule has 0 saturated carbocycles. The van der Waals surface area contributed by atoms with Crippen LogP contribution in [0.25, 0.3) is 0 Å². The standard InChI is InChI=1S/C10H10BrNO4/c1-15-9(13)7-3-6(4-11)5-12-8(7)10(14)16-2/h3,5H,4H2,1-2H3. The average molecular weight is 288 g/mol. The molecule has 0 fully saturated rings. The lowest BCUT2D eigenvalue weighted by Crippen LogP contribution is -2.14. The van der Waals surface area contributed by atoms with Gasteiger partial charge in [0.05, 0.1) is 19.8 Å². The molecule has 0 unspecified atom stereocenters. The summed E-state index contributed by atoms with van der Waals surface area (Å²) < 4.78 is 9.09. The van der Waals surface area contributed by atoms with Gasteiger partial charge in [-0.15, -0.1) is 0 Å². The van der Waals surface area contributed by atoms with Crippen LogP contribution in [0.4, 0.5) is 0 Å². The third-order valence-electron chi connectivity index (χ3n) is 1.88. The van der Waals surface area contributed by atoms with Crippen molar-refractivity contribution in [3.63, 3.8) is 0 Å². The van der Waals surface area contributed by atoms with Crippen LogP contribution in [0.5, 0.6) is 0 Å². The van der Waals surface area contributed by atoms with E-state index in [1.165, 1.54) is 20.4 Å². The van der Waals surface area contributed by atoms with Gasteiger partial charge in [-0.1, -0.05) is 15.9 Å². The van der Waals surface area contributed by atoms with Gasteiger partial charge in [0.2, 0.25) is 0 Å². The van der Waals surface area contributed by atoms with E-state index in [2.05, 4.69) is 30.4 Å². The van der Waals surface area contributed by atoms with E-state index in [9.17, 15) is 9.59 Å². The number of esters is 2. The number of carbonyl (C=O) groups is 2. The van der Waals surface area contributed by atoms with Crippen molar-refractivity contribution in [3.05, 3.63) is 29.1 Å². The van der Waals surface area contributed by atoms with Gasteiger partial charge in [0.1, 0.15) is 0 Å². The predicted octanol–water partition coefficient (Wildman–Crippen LogP) is 1.55. The zero-order valence-electron chi connectivity index (χ0n) is 8.82. The van der Waals surface area contributed by atoms with Crippen molar-refractivity contribution in [1.29, 1.82) is 0 Å². The number of nitrogens with zero attached hydrogens (tertiary/aromatic N) is 1. The first-order valence-corrected chi connectivity index (χ1v) is 5.47. The molecule has 1 heterocycles. The average Bonchev–Trinajstić information content (AvgIpc) is 2.36. The van der Waals surface area contributed by atoms with E-state index in [0.717, 1.165) is 5.56 Å². The Hall–Kier alpha value is -1.43. The first kappa shape index (κ1) is 12.6. The number of hydrogen-bond acceptors (Lipinski definition) is 5. The Kier molecular flexibility index (Phi) is 4.42. The molecule has 0 spiro atoms. The number of aromatic nitrogens is 1. The van der Waals surface area contributed by atoms with Crippen molar-refractivity contribution < 1.29 is 19.1 Å². The van der Waals surface area contributed by atoms with Crippen LogP contribution in [0.2, 0.25) is 0 Å². The Morgan fingerprint density at radius 2 is 1.94 bits per heavy atom. The minimum absolute atomic E-state index is 0.0425. The summed E-state index contributed by atoms with van der Waals surface area (Å²) in [6, 6.07) is 1.54. The SMILES string of the molecule is COC(=O)c1cc(CBr)cnc1C(=O)OC. The normalized spacial score (nSPS) is 9.69. The molecule has 86 valence electrons. The molecule has 1 aromatic rings. The molecule has 1 rings (SSSR count). The van der Waals surface area contributed by atoms with Gasteiger partial charge in [-0.3, -0.25) is 0 Å². The maximum absolute atomic E-state index is 11.4. The van der Waals surface area contributed by atoms with E-state index in [4.69, 9.17) is 0 Å². The van der Waals surface area contributed by atoms with E-state index in [1.54, 1.807) is 6.07 Å². The Morgan fingerprint density at radius 1 is 1.31 bits per heavy atom. The first-order chi connectivity index (χ1) is 7.63. The summed E-state index contributed by atoms with van der Waals surface area (Å²) in [7, 11) is 2.47. The number of pyridine rings is 1. The van der Waals surface area contributed by atoms with Crippen LogP contribution in [-0.4, -0.2) is 31.1 Å². The highest BCUT2D eigenvalue weighted by Gasteiger charge is 2.20. The Labute approximate surface area is 101 Å². The molecule has 16 heavy (non-hydrogen) atoms. The van der Waals surface area contributed by atoms with Crippen LogP contribution in [0.1, 0.15) is 26.4 Å². The summed E-state index contributed by atoms with van der Waals surface area (Å²) in [6.07, 6.45) is 1.49. The minimum Gasteiger partial charge on any atom is -0.465 e. The second-order valence-corrected chi connectivity index (χ2v) is 3.42. The number of alkyl halides is 1. The summed E-state index contributed by atoms with van der Waals surface area (Å²) in [5, 5.41) is 0.533. The molecule has 0 aliphatic rings. The summed E-state index contributed by atoms with van der Waals surface area (Å²) in [5.74, 6) is -1.28. The van der Waals surface area contributed by atoms with Crippen molar-refractivity contribution in [3.8, 4) is 0 Å². The van der Waals surface area contributed by atoms with Gasteiger partial charge in [0.25, 0.3) is 0 Å². The molecule has 0 atom stereocenters. The van der Waals surface area contributed by atoms with Gasteiger partial charge in [-0.2, -0.15) is 0 Å². The lowest BCUT2D eigenvalue weighted by Gasteiger charge is -2.06. The molecule has 1 aromatic heterocycles. The van der Waals surface area contributed by atoms with Crippen molar-refractivity contribution in [1.82, 2.24) is 4.98 Å². The van der Waals surface area contributed by atoms with Crippen molar-refractivity contribution in [2.24, 2.45) is 0 Å². The second kappa shape index (κ2) is 5.60. The molecule has 0 aliphatic heterocycles. The lowest BCUT2D eigenvalue weighted by atomic mass is 10.1. The third-order valence-corrected chi connectivity index (χ3v) is 2.53. The molecule has 0 bridgehead atoms. The van der Waals surface area contributed by atoms with E-state index in [1.807, 2.05) is 0 Å². The highest BCUT2D eigenvalue weighted by molar-refractivity contribution is 9.08. The molecule has 0 aliphatic carbocycles. The fourth-order valence-corrected chi connectivity index (χ4v) is 1.41. The summed E-state index contributed by atoms with van der Waals surface area (Å²) in [6.45, 7) is 0. The lowest BCUT2D eigenvalue weighted by molar-refractivity contribution is 0.0549. The van der Waals surface area contributed by atoms with Crippen molar-refractivity contribution in [2.75, 3.05) is 14.2 Å². The molecule has 5 nitrogen and oxygen atoms in total. The van der Waals surface area contributed by atoms with E-state index in [-0.39, 0.29) is 11.3 Å². The molecule has 0 saturated heterocycles. The summed E-state index contributed by atoms with van der Waals surface area (Å²) in [5.41, 5.74) is 0.832. The van der Waals surface area contributed by atoms with Crippen LogP contribution in [0.3, 0.4) is 0 Å². The molecular formula is C10H10BrNO4. The number of hydrogen-bond donors (Lipinski definition) is 0. The van der Waals surface area contributed by atoms with Crippen LogP contribution in [-0.2, 0) is 14.8 Å². The van der Waals surface area contributed by atoms with Gasteiger partial charge in [-0.05, 0) is 11.6 Å². The molecule has 0 aromatic carbocycles. The van der Waals surface area contributed by atoms with Crippen LogP contribution in [0, 0.1) is 0 Å². The number of ether oxygens (including phenoxy) is 2. The van der Waals surface area contributed by atoms with E-state index < -0.39 is 11.9 Å². The zero-order valence-corrected chi connectivity index (χ0v) is 10.4. The Bertz CT molecular complexity index is 419. The topological polar surface area (TPSA) is 65.5 Å². The van der Waals surface area contributed by atoms with Gasteiger partial charge in [0, 0.05) is 11.5 Å². The van der Waals surface area contributed by atoms with Crippen LogP contribution < -0.4 is 0 Å². The van der Waals surface area contributed by atoms with Gasteiger partial charge >= 0.3 is 11.9 Å². The Morgan fingerprint density at radius 3 is 2.44 bits per heavy atom. The van der Waals surface area contributed by atoms with E-state index in [0.29, 0.717) is 5.33 Å². The second-order valence-electron chi connectivity index (χ2n) is 2.86. The number of halogens is 1. The smallest absolute Gasteiger partial charge is 0.357 e. The quantitative estimate of drug-likeness (QED) is 0.623. The number of methoxy groups -OCH3 is 2. The largest absolute Gasteiger partial charge is 0.465 e. The molecular weight excluding hydrogens is 278 g/mol. The summed E-state index contributed by atoms with van der Waals surface area (Å²) >= 11 is 3.23. The Balaban J connectivity index is 3.26. The molecule has 0 N–H and O–H groups in total. The van der Waals surface area contributed by atoms with E-state index >= 15 is 0 Å². The van der Waals surface area contributed by atoms with Crippen LogP contribution >= 0.6 is 15.9 Å². The van der Waals surface area contributed by atoms with Gasteiger partial charge in [-0.25, -0.2) is 14.6 Å².